The summed E-state index contributed by atoms with van der Waals surface area (Å²) in [4.78, 5) is 0. The predicted molar refractivity (Wildman–Crippen MR) is 79.5 cm³/mol. The van der Waals surface area contributed by atoms with E-state index in [1.165, 1.54) is 11.3 Å². The van der Waals surface area contributed by atoms with Crippen molar-refractivity contribution >= 4 is 27.8 Å². The van der Waals surface area contributed by atoms with E-state index >= 15 is 0 Å². The van der Waals surface area contributed by atoms with Crippen LogP contribution in [0.15, 0.2) is 54.6 Å². The summed E-state index contributed by atoms with van der Waals surface area (Å²) in [5.74, 6) is 0. The maximum Gasteiger partial charge on any atom is 0.210 e. The van der Waals surface area contributed by atoms with Gasteiger partial charge in [0.05, 0.1) is 0 Å². The first kappa shape index (κ1) is 11.7. The Labute approximate surface area is 114 Å². The maximum atomic E-state index is 5.67. The number of aromatic nitrogens is 2. The second-order valence-corrected chi connectivity index (χ2v) is 5.00. The van der Waals surface area contributed by atoms with Gasteiger partial charge in [-0.1, -0.05) is 29.5 Å². The smallest absolute Gasteiger partial charge is 0.210 e. The molecule has 19 heavy (non-hydrogen) atoms. The van der Waals surface area contributed by atoms with E-state index in [9.17, 15) is 0 Å². The molecule has 0 amide bonds. The molecule has 3 N–H and O–H groups in total. The van der Waals surface area contributed by atoms with Crippen LogP contribution in [0.4, 0.5) is 16.5 Å². The zero-order valence-electron chi connectivity index (χ0n) is 10.1. The average molecular weight is 268 g/mol. The third-order valence-corrected chi connectivity index (χ3v) is 3.50. The Hall–Kier alpha value is -2.40. The molecule has 0 saturated heterocycles. The Morgan fingerprint density at radius 1 is 0.895 bits per heavy atom. The molecule has 0 aliphatic heterocycles. The first-order valence-electron chi connectivity index (χ1n) is 5.83. The number of nitrogen functional groups attached to an aromatic ring is 1. The SMILES string of the molecule is Nc1ccc(-c2nnc(Nc3ccccc3)s2)cc1. The third-order valence-electron chi connectivity index (χ3n) is 2.61. The molecule has 0 aliphatic rings. The molecule has 0 bridgehead atoms. The molecule has 0 saturated carbocycles. The second-order valence-electron chi connectivity index (χ2n) is 4.03. The Kier molecular flexibility index (Phi) is 3.12. The summed E-state index contributed by atoms with van der Waals surface area (Å²) < 4.78 is 0. The molecule has 2 aromatic carbocycles. The third kappa shape index (κ3) is 2.71. The monoisotopic (exact) mass is 268 g/mol. The van der Waals surface area contributed by atoms with Gasteiger partial charge in [-0.2, -0.15) is 0 Å². The lowest BCUT2D eigenvalue weighted by molar-refractivity contribution is 1.10. The Bertz CT molecular complexity index is 661. The molecule has 5 heteroatoms. The number of benzene rings is 2. The Morgan fingerprint density at radius 3 is 2.37 bits per heavy atom. The van der Waals surface area contributed by atoms with Gasteiger partial charge in [0.25, 0.3) is 0 Å². The first-order valence-corrected chi connectivity index (χ1v) is 6.64. The maximum absolute atomic E-state index is 5.67. The molecule has 94 valence electrons. The highest BCUT2D eigenvalue weighted by Crippen LogP contribution is 2.28. The highest BCUT2D eigenvalue weighted by molar-refractivity contribution is 7.18. The van der Waals surface area contributed by atoms with Crippen LogP contribution in [0.5, 0.6) is 0 Å². The zero-order chi connectivity index (χ0) is 13.1. The number of nitrogens with zero attached hydrogens (tertiary/aromatic N) is 2. The van der Waals surface area contributed by atoms with Gasteiger partial charge in [0, 0.05) is 16.9 Å². The van der Waals surface area contributed by atoms with Crippen molar-refractivity contribution in [3.63, 3.8) is 0 Å². The summed E-state index contributed by atoms with van der Waals surface area (Å²) in [5.41, 5.74) is 8.44. The molecular formula is C14H12N4S. The van der Waals surface area contributed by atoms with Crippen molar-refractivity contribution in [3.05, 3.63) is 54.6 Å². The summed E-state index contributed by atoms with van der Waals surface area (Å²) in [7, 11) is 0. The Balaban J connectivity index is 1.82. The highest BCUT2D eigenvalue weighted by Gasteiger charge is 2.06. The molecule has 0 radical (unpaired) electrons. The van der Waals surface area contributed by atoms with E-state index in [0.29, 0.717) is 0 Å². The summed E-state index contributed by atoms with van der Waals surface area (Å²) in [5, 5.41) is 13.2. The highest BCUT2D eigenvalue weighted by atomic mass is 32.1. The zero-order valence-corrected chi connectivity index (χ0v) is 10.9. The van der Waals surface area contributed by atoms with Crippen LogP contribution < -0.4 is 11.1 Å². The summed E-state index contributed by atoms with van der Waals surface area (Å²) in [6, 6.07) is 17.5. The van der Waals surface area contributed by atoms with E-state index in [2.05, 4.69) is 15.5 Å². The van der Waals surface area contributed by atoms with Crippen LogP contribution in [0.1, 0.15) is 0 Å². The second kappa shape index (κ2) is 5.07. The van der Waals surface area contributed by atoms with Gasteiger partial charge >= 0.3 is 0 Å². The van der Waals surface area contributed by atoms with Crippen LogP contribution in [-0.4, -0.2) is 10.2 Å². The van der Waals surface area contributed by atoms with Crippen molar-refractivity contribution in [3.8, 4) is 10.6 Å². The van der Waals surface area contributed by atoms with Gasteiger partial charge in [0.15, 0.2) is 0 Å². The van der Waals surface area contributed by atoms with E-state index in [4.69, 9.17) is 5.73 Å². The van der Waals surface area contributed by atoms with Crippen molar-refractivity contribution in [2.24, 2.45) is 0 Å². The number of nitrogens with one attached hydrogen (secondary N) is 1. The predicted octanol–water partition coefficient (Wildman–Crippen LogP) is 3.53. The van der Waals surface area contributed by atoms with Gasteiger partial charge in [-0.3, -0.25) is 0 Å². The van der Waals surface area contributed by atoms with Gasteiger partial charge in [-0.15, -0.1) is 10.2 Å². The summed E-state index contributed by atoms with van der Waals surface area (Å²) in [6.45, 7) is 0. The topological polar surface area (TPSA) is 63.8 Å². The van der Waals surface area contributed by atoms with Crippen LogP contribution in [0.2, 0.25) is 0 Å². The van der Waals surface area contributed by atoms with Crippen molar-refractivity contribution in [1.29, 1.82) is 0 Å². The molecule has 4 nitrogen and oxygen atoms in total. The van der Waals surface area contributed by atoms with Crippen LogP contribution in [0.25, 0.3) is 10.6 Å². The van der Waals surface area contributed by atoms with Gasteiger partial charge in [-0.05, 0) is 36.4 Å². The van der Waals surface area contributed by atoms with Crippen molar-refractivity contribution in [2.45, 2.75) is 0 Å². The number of nitrogens with two attached hydrogens (primary N) is 1. The average Bonchev–Trinajstić information content (AvgIpc) is 2.89. The first-order chi connectivity index (χ1) is 9.31. The van der Waals surface area contributed by atoms with E-state index in [1.807, 2.05) is 54.6 Å². The summed E-state index contributed by atoms with van der Waals surface area (Å²) in [6.07, 6.45) is 0. The fourth-order valence-electron chi connectivity index (χ4n) is 1.66. The molecule has 1 heterocycles. The van der Waals surface area contributed by atoms with Gasteiger partial charge in [-0.25, -0.2) is 0 Å². The molecule has 0 fully saturated rings. The normalized spacial score (nSPS) is 10.3. The minimum atomic E-state index is 0.746. The number of rotatable bonds is 3. The lowest BCUT2D eigenvalue weighted by Gasteiger charge is -1.99. The molecule has 0 atom stereocenters. The summed E-state index contributed by atoms with van der Waals surface area (Å²) >= 11 is 1.51. The quantitative estimate of drug-likeness (QED) is 0.713. The van der Waals surface area contributed by atoms with Gasteiger partial charge in [0.1, 0.15) is 5.01 Å². The standard InChI is InChI=1S/C14H12N4S/c15-11-8-6-10(7-9-11)13-17-18-14(19-13)16-12-4-2-1-3-5-12/h1-9H,15H2,(H,16,18). The molecule has 0 spiro atoms. The van der Waals surface area contributed by atoms with E-state index in [0.717, 1.165) is 27.1 Å². The molecule has 0 unspecified atom stereocenters. The number of anilines is 3. The van der Waals surface area contributed by atoms with Crippen molar-refractivity contribution < 1.29 is 0 Å². The van der Waals surface area contributed by atoms with Crippen LogP contribution >= 0.6 is 11.3 Å². The molecule has 0 aliphatic carbocycles. The lowest BCUT2D eigenvalue weighted by Crippen LogP contribution is -1.87. The number of hydrogen-bond acceptors (Lipinski definition) is 5. The number of hydrogen-bond donors (Lipinski definition) is 2. The number of para-hydroxylation sites is 1. The molecule has 1 aromatic heterocycles. The van der Waals surface area contributed by atoms with E-state index in [-0.39, 0.29) is 0 Å². The van der Waals surface area contributed by atoms with Gasteiger partial charge < -0.3 is 11.1 Å². The molecular weight excluding hydrogens is 256 g/mol. The molecule has 3 aromatic rings. The minimum Gasteiger partial charge on any atom is -0.399 e. The van der Waals surface area contributed by atoms with Crippen LogP contribution in [0, 0.1) is 0 Å². The largest absolute Gasteiger partial charge is 0.399 e. The fourth-order valence-corrected chi connectivity index (χ4v) is 2.43. The lowest BCUT2D eigenvalue weighted by atomic mass is 10.2. The van der Waals surface area contributed by atoms with Crippen LogP contribution in [0.3, 0.4) is 0 Å². The van der Waals surface area contributed by atoms with E-state index < -0.39 is 0 Å². The molecule has 3 rings (SSSR count). The van der Waals surface area contributed by atoms with E-state index in [1.54, 1.807) is 0 Å². The van der Waals surface area contributed by atoms with Gasteiger partial charge in [0.2, 0.25) is 5.13 Å². The Morgan fingerprint density at radius 2 is 1.63 bits per heavy atom. The van der Waals surface area contributed by atoms with Crippen LogP contribution in [-0.2, 0) is 0 Å². The minimum absolute atomic E-state index is 0.746. The van der Waals surface area contributed by atoms with Crippen molar-refractivity contribution in [2.75, 3.05) is 11.1 Å². The fraction of sp³-hybridized carbons (Fsp3) is 0. The van der Waals surface area contributed by atoms with Crippen molar-refractivity contribution in [1.82, 2.24) is 10.2 Å².